The van der Waals surface area contributed by atoms with Gasteiger partial charge in [-0.15, -0.1) is 13.2 Å². The molecule has 9 heteroatoms. The Balaban J connectivity index is 1.46. The topological polar surface area (TPSA) is 19.6 Å². The number of likely N-dealkylation sites (N-methyl/N-ethyl adjacent to an activating group) is 1. The van der Waals surface area contributed by atoms with Crippen molar-refractivity contribution in [3.05, 3.63) is 111 Å². The number of halogens is 3. The molecule has 3 aromatic rings. The van der Waals surface area contributed by atoms with E-state index >= 15 is 0 Å². The molecule has 0 aliphatic carbocycles. The van der Waals surface area contributed by atoms with Crippen LogP contribution in [0.25, 0.3) is 6.08 Å². The molecule has 0 N–H and O–H groups in total. The first-order chi connectivity index (χ1) is 17.7. The summed E-state index contributed by atoms with van der Waals surface area (Å²) in [6, 6.07) is 20.9. The lowest BCUT2D eigenvalue weighted by atomic mass is 10.2. The summed E-state index contributed by atoms with van der Waals surface area (Å²) in [5, 5.41) is 1.98. The second-order valence-electron chi connectivity index (χ2n) is 8.49. The van der Waals surface area contributed by atoms with Crippen LogP contribution in [0.1, 0.15) is 18.2 Å². The molecule has 0 bridgehead atoms. The summed E-state index contributed by atoms with van der Waals surface area (Å²) in [7, 11) is 1.92. The molecule has 0 amide bonds. The molecule has 3 heterocycles. The van der Waals surface area contributed by atoms with Crippen LogP contribution in [0.15, 0.2) is 105 Å². The zero-order chi connectivity index (χ0) is 26.2. The van der Waals surface area contributed by atoms with Gasteiger partial charge in [-0.1, -0.05) is 60.4 Å². The molecule has 0 unspecified atom stereocenters. The van der Waals surface area contributed by atoms with Gasteiger partial charge in [0.25, 0.3) is 0 Å². The summed E-state index contributed by atoms with van der Waals surface area (Å²) in [4.78, 5) is 5.87. The minimum atomic E-state index is -4.73. The molecule has 1 aromatic heterocycles. The molecule has 37 heavy (non-hydrogen) atoms. The number of fused-ring (bicyclic) bond motifs is 1. The number of nitrogens with zero attached hydrogens (tertiary/aromatic N) is 3. The maximum atomic E-state index is 12.7. The maximum absolute atomic E-state index is 12.7. The van der Waals surface area contributed by atoms with Gasteiger partial charge in [0.1, 0.15) is 5.75 Å². The van der Waals surface area contributed by atoms with Crippen LogP contribution >= 0.6 is 23.5 Å². The van der Waals surface area contributed by atoms with E-state index in [1.54, 1.807) is 17.8 Å². The summed E-state index contributed by atoms with van der Waals surface area (Å²) in [6.45, 7) is 7.94. The molecule has 2 aliphatic rings. The van der Waals surface area contributed by atoms with E-state index in [1.807, 2.05) is 42.3 Å². The lowest BCUT2D eigenvalue weighted by Gasteiger charge is -2.19. The summed E-state index contributed by atoms with van der Waals surface area (Å²) in [6.07, 6.45) is -0.490. The Morgan fingerprint density at radius 3 is 2.51 bits per heavy atom. The van der Waals surface area contributed by atoms with Gasteiger partial charge >= 0.3 is 6.36 Å². The molecule has 0 atom stereocenters. The van der Waals surface area contributed by atoms with Crippen LogP contribution in [0.5, 0.6) is 5.75 Å². The van der Waals surface area contributed by atoms with Crippen LogP contribution in [-0.4, -0.2) is 24.9 Å². The standard InChI is InChI=1S/C28H25F3N3OS2/c1-4-34-19(2)26(27-32(3)23-14-13-22(17-24(23)36-27)35-28(29,30)31)37-25(34)16-21-12-8-9-15-33(21)18-20-10-6-5-7-11-20/h5-17H,2,4,18H2,1,3H3/q+1/b27-26+. The molecule has 190 valence electrons. The van der Waals surface area contributed by atoms with Gasteiger partial charge in [0.15, 0.2) is 12.7 Å². The third-order valence-corrected chi connectivity index (χ3v) is 8.58. The normalized spacial score (nSPS) is 18.6. The molecule has 4 nitrogen and oxygen atoms in total. The second kappa shape index (κ2) is 10.2. The number of alkyl halides is 3. The molecule has 0 spiro atoms. The third kappa shape index (κ3) is 5.38. The van der Waals surface area contributed by atoms with Crippen LogP contribution in [0.4, 0.5) is 18.9 Å². The van der Waals surface area contributed by atoms with E-state index in [0.29, 0.717) is 4.90 Å². The molecule has 2 aliphatic heterocycles. The van der Waals surface area contributed by atoms with Gasteiger partial charge in [-0.3, -0.25) is 0 Å². The number of rotatable bonds is 5. The second-order valence-corrected chi connectivity index (χ2v) is 10.5. The number of anilines is 1. The Labute approximate surface area is 222 Å². The van der Waals surface area contributed by atoms with Crippen LogP contribution in [0, 0.1) is 0 Å². The monoisotopic (exact) mass is 540 g/mol. The average molecular weight is 541 g/mol. The number of pyridine rings is 1. The van der Waals surface area contributed by atoms with Crippen molar-refractivity contribution < 1.29 is 22.5 Å². The number of thioether (sulfide) groups is 2. The predicted molar refractivity (Wildman–Crippen MR) is 144 cm³/mol. The van der Waals surface area contributed by atoms with E-state index in [0.717, 1.165) is 45.1 Å². The third-order valence-electron chi connectivity index (χ3n) is 6.05. The highest BCUT2D eigenvalue weighted by atomic mass is 32.2. The van der Waals surface area contributed by atoms with Gasteiger partial charge in [0, 0.05) is 42.3 Å². The van der Waals surface area contributed by atoms with Crippen LogP contribution in [0.2, 0.25) is 0 Å². The van der Waals surface area contributed by atoms with Gasteiger partial charge in [0.05, 0.1) is 26.3 Å². The fraction of sp³-hybridized carbons (Fsp3) is 0.179. The van der Waals surface area contributed by atoms with Crippen molar-refractivity contribution >= 4 is 35.3 Å². The first-order valence-electron chi connectivity index (χ1n) is 11.7. The highest BCUT2D eigenvalue weighted by Crippen LogP contribution is 2.55. The maximum Gasteiger partial charge on any atom is 0.573 e. The van der Waals surface area contributed by atoms with E-state index in [2.05, 4.69) is 58.2 Å². The molecule has 2 aromatic carbocycles. The number of hydrogen-bond donors (Lipinski definition) is 0. The Bertz CT molecular complexity index is 1400. The van der Waals surface area contributed by atoms with Gasteiger partial charge in [-0.25, -0.2) is 0 Å². The minimum Gasteiger partial charge on any atom is -0.406 e. The summed E-state index contributed by atoms with van der Waals surface area (Å²) in [5.41, 5.74) is 3.99. The summed E-state index contributed by atoms with van der Waals surface area (Å²) in [5.74, 6) is -0.223. The molecule has 1 saturated heterocycles. The van der Waals surface area contributed by atoms with Crippen molar-refractivity contribution in [2.45, 2.75) is 24.7 Å². The fourth-order valence-corrected chi connectivity index (χ4v) is 6.88. The van der Waals surface area contributed by atoms with Crippen molar-refractivity contribution in [3.8, 4) is 5.75 Å². The number of ether oxygens (including phenoxy) is 1. The quantitative estimate of drug-likeness (QED) is 0.318. The van der Waals surface area contributed by atoms with E-state index in [9.17, 15) is 13.2 Å². The number of benzene rings is 2. The van der Waals surface area contributed by atoms with E-state index in [-0.39, 0.29) is 5.75 Å². The van der Waals surface area contributed by atoms with Crippen molar-refractivity contribution in [3.63, 3.8) is 0 Å². The van der Waals surface area contributed by atoms with E-state index < -0.39 is 6.36 Å². The van der Waals surface area contributed by atoms with Crippen LogP contribution in [-0.2, 0) is 6.54 Å². The number of hydrogen-bond acceptors (Lipinski definition) is 5. The zero-order valence-electron chi connectivity index (χ0n) is 20.3. The first kappa shape index (κ1) is 25.4. The minimum absolute atomic E-state index is 0.223. The Kier molecular flexibility index (Phi) is 7.00. The smallest absolute Gasteiger partial charge is 0.406 e. The SMILES string of the molecule is C=C1/C(=C2\Sc3cc(OC(F)(F)F)ccc3N2C)S/C(=C\c2cccc[n+]2Cc2ccccc2)N1CC. The van der Waals surface area contributed by atoms with Gasteiger partial charge in [-0.2, -0.15) is 4.57 Å². The molecular weight excluding hydrogens is 515 g/mol. The van der Waals surface area contributed by atoms with Crippen molar-refractivity contribution in [2.75, 3.05) is 18.5 Å². The zero-order valence-corrected chi connectivity index (χ0v) is 22.0. The molecule has 5 rings (SSSR count). The van der Waals surface area contributed by atoms with Gasteiger partial charge < -0.3 is 14.5 Å². The summed E-state index contributed by atoms with van der Waals surface area (Å²) >= 11 is 3.06. The average Bonchev–Trinajstić information content (AvgIpc) is 3.35. The van der Waals surface area contributed by atoms with E-state index in [4.69, 9.17) is 0 Å². The fourth-order valence-electron chi connectivity index (χ4n) is 4.30. The lowest BCUT2D eigenvalue weighted by molar-refractivity contribution is -0.690. The first-order valence-corrected chi connectivity index (χ1v) is 13.3. The van der Waals surface area contributed by atoms with E-state index in [1.165, 1.54) is 29.5 Å². The van der Waals surface area contributed by atoms with Crippen molar-refractivity contribution in [1.82, 2.24) is 4.90 Å². The van der Waals surface area contributed by atoms with Crippen LogP contribution < -0.4 is 14.2 Å². The number of aromatic nitrogens is 1. The predicted octanol–water partition coefficient (Wildman–Crippen LogP) is 7.21. The van der Waals surface area contributed by atoms with Crippen molar-refractivity contribution in [1.29, 1.82) is 0 Å². The Hall–Kier alpha value is -3.30. The summed E-state index contributed by atoms with van der Waals surface area (Å²) < 4.78 is 44.5. The molecule has 0 radical (unpaired) electrons. The molecular formula is C28H25F3N3OS2+. The lowest BCUT2D eigenvalue weighted by Crippen LogP contribution is -2.37. The Morgan fingerprint density at radius 2 is 1.78 bits per heavy atom. The van der Waals surface area contributed by atoms with Crippen LogP contribution in [0.3, 0.4) is 0 Å². The Morgan fingerprint density at radius 1 is 1.03 bits per heavy atom. The molecule has 0 saturated carbocycles. The highest BCUT2D eigenvalue weighted by Gasteiger charge is 2.36. The largest absolute Gasteiger partial charge is 0.573 e. The highest BCUT2D eigenvalue weighted by molar-refractivity contribution is 8.09. The van der Waals surface area contributed by atoms with Gasteiger partial charge in [0.2, 0.25) is 5.69 Å². The van der Waals surface area contributed by atoms with Gasteiger partial charge in [-0.05, 0) is 31.2 Å². The van der Waals surface area contributed by atoms with Crippen molar-refractivity contribution in [2.24, 2.45) is 0 Å². The molecule has 1 fully saturated rings.